The summed E-state index contributed by atoms with van der Waals surface area (Å²) in [4.78, 5) is 3.76. The Morgan fingerprint density at radius 3 is 2.56 bits per heavy atom. The van der Waals surface area contributed by atoms with Gasteiger partial charge in [-0.05, 0) is 38.1 Å². The molecule has 2 heterocycles. The molecule has 0 spiro atoms. The van der Waals surface area contributed by atoms with Crippen molar-refractivity contribution < 1.29 is 22.7 Å². The maximum Gasteiger partial charge on any atom is 0.435 e. The van der Waals surface area contributed by atoms with E-state index in [0.717, 1.165) is 32.0 Å². The molecule has 2 N–H and O–H groups in total. The molecule has 148 valence electrons. The summed E-state index contributed by atoms with van der Waals surface area (Å²) in [6.45, 7) is 3.00. The Hall–Kier alpha value is -1.97. The molecule has 2 aromatic rings. The molecule has 0 amide bonds. The second kappa shape index (κ2) is 8.37. The maximum absolute atomic E-state index is 14.0. The average molecular weight is 386 g/mol. The fourth-order valence-electron chi connectivity index (χ4n) is 3.22. The summed E-state index contributed by atoms with van der Waals surface area (Å²) >= 11 is 0. The van der Waals surface area contributed by atoms with Crippen LogP contribution in [0.3, 0.4) is 0 Å². The number of benzene rings is 1. The lowest BCUT2D eigenvalue weighted by Crippen LogP contribution is -2.36. The zero-order valence-corrected chi connectivity index (χ0v) is 14.7. The highest BCUT2D eigenvalue weighted by Gasteiger charge is 2.35. The topological polar surface area (TPSA) is 55.4 Å². The molecule has 3 rings (SSSR count). The highest BCUT2D eigenvalue weighted by molar-refractivity contribution is 5.18. The van der Waals surface area contributed by atoms with Gasteiger partial charge in [-0.1, -0.05) is 18.2 Å². The van der Waals surface area contributed by atoms with Gasteiger partial charge in [0.25, 0.3) is 0 Å². The van der Waals surface area contributed by atoms with Crippen molar-refractivity contribution in [2.75, 3.05) is 26.2 Å². The standard InChI is InChI=1S/C18H22F4N4O/c19-14-6-2-1-5-13(14)12-26(10-9-25-7-3-4-8-25)17(27)15-11-16(24-23-15)18(20,21)22/h1-2,5-6,11,17,27H,3-4,7-10,12H2,(H,23,24). The van der Waals surface area contributed by atoms with Crippen LogP contribution in [0.15, 0.2) is 30.3 Å². The highest BCUT2D eigenvalue weighted by Crippen LogP contribution is 2.30. The number of alkyl halides is 3. The smallest absolute Gasteiger partial charge is 0.372 e. The van der Waals surface area contributed by atoms with E-state index in [2.05, 4.69) is 15.1 Å². The van der Waals surface area contributed by atoms with Crippen LogP contribution in [0, 0.1) is 5.82 Å². The van der Waals surface area contributed by atoms with Crippen LogP contribution in [0.5, 0.6) is 0 Å². The second-order valence-electron chi connectivity index (χ2n) is 6.69. The third-order valence-corrected chi connectivity index (χ3v) is 4.75. The average Bonchev–Trinajstić information content (AvgIpc) is 3.30. The van der Waals surface area contributed by atoms with E-state index >= 15 is 0 Å². The van der Waals surface area contributed by atoms with Gasteiger partial charge in [0.05, 0.1) is 5.69 Å². The predicted octanol–water partition coefficient (Wildman–Crippen LogP) is 3.16. The quantitative estimate of drug-likeness (QED) is 0.567. The van der Waals surface area contributed by atoms with Crippen molar-refractivity contribution in [3.63, 3.8) is 0 Å². The minimum absolute atomic E-state index is 0.0694. The van der Waals surface area contributed by atoms with Crippen molar-refractivity contribution in [1.29, 1.82) is 0 Å². The lowest BCUT2D eigenvalue weighted by molar-refractivity contribution is -0.141. The Kier molecular flexibility index (Phi) is 6.13. The number of likely N-dealkylation sites (tertiary alicyclic amines) is 1. The normalized spacial score (nSPS) is 17.0. The van der Waals surface area contributed by atoms with E-state index < -0.39 is 23.9 Å². The molecule has 0 aliphatic carbocycles. The molecule has 0 saturated carbocycles. The van der Waals surface area contributed by atoms with E-state index in [9.17, 15) is 22.7 Å². The van der Waals surface area contributed by atoms with Crippen molar-refractivity contribution in [2.24, 2.45) is 0 Å². The van der Waals surface area contributed by atoms with Crippen molar-refractivity contribution in [3.05, 3.63) is 53.1 Å². The highest BCUT2D eigenvalue weighted by atomic mass is 19.4. The predicted molar refractivity (Wildman–Crippen MR) is 91.0 cm³/mol. The van der Waals surface area contributed by atoms with Gasteiger partial charge in [0.2, 0.25) is 0 Å². The third-order valence-electron chi connectivity index (χ3n) is 4.75. The molecular formula is C18H22F4N4O. The summed E-state index contributed by atoms with van der Waals surface area (Å²) < 4.78 is 52.4. The van der Waals surface area contributed by atoms with E-state index in [4.69, 9.17) is 0 Å². The summed E-state index contributed by atoms with van der Waals surface area (Å²) in [5.74, 6) is -0.420. The zero-order valence-electron chi connectivity index (χ0n) is 14.7. The number of nitrogens with one attached hydrogen (secondary N) is 1. The van der Waals surface area contributed by atoms with E-state index in [0.29, 0.717) is 18.7 Å². The Labute approximate surface area is 154 Å². The van der Waals surface area contributed by atoms with Crippen molar-refractivity contribution in [3.8, 4) is 0 Å². The molecule has 1 aromatic heterocycles. The van der Waals surface area contributed by atoms with Gasteiger partial charge in [0.15, 0.2) is 5.69 Å². The number of aliphatic hydroxyl groups excluding tert-OH is 1. The summed E-state index contributed by atoms with van der Waals surface area (Å²) in [5.41, 5.74) is -0.796. The molecule has 0 bridgehead atoms. The van der Waals surface area contributed by atoms with Crippen LogP contribution in [0.1, 0.15) is 36.0 Å². The van der Waals surface area contributed by atoms with E-state index in [1.165, 1.54) is 6.07 Å². The van der Waals surface area contributed by atoms with Crippen LogP contribution in [-0.4, -0.2) is 51.3 Å². The molecule has 1 aliphatic heterocycles. The first-order valence-corrected chi connectivity index (χ1v) is 8.85. The van der Waals surface area contributed by atoms with E-state index in [-0.39, 0.29) is 12.2 Å². The van der Waals surface area contributed by atoms with Crippen LogP contribution < -0.4 is 0 Å². The summed E-state index contributed by atoms with van der Waals surface area (Å²) in [5, 5.41) is 16.1. The maximum atomic E-state index is 14.0. The van der Waals surface area contributed by atoms with Crippen molar-refractivity contribution >= 4 is 0 Å². The van der Waals surface area contributed by atoms with Crippen molar-refractivity contribution in [1.82, 2.24) is 20.0 Å². The van der Waals surface area contributed by atoms with Crippen LogP contribution in [0.2, 0.25) is 0 Å². The number of hydrogen-bond donors (Lipinski definition) is 2. The van der Waals surface area contributed by atoms with Gasteiger partial charge in [-0.3, -0.25) is 10.00 Å². The summed E-state index contributed by atoms with van der Waals surface area (Å²) in [6, 6.07) is 6.95. The number of halogens is 4. The Bertz CT molecular complexity index is 743. The molecule has 1 fully saturated rings. The number of aliphatic hydroxyl groups is 1. The summed E-state index contributed by atoms with van der Waals surface area (Å²) in [7, 11) is 0. The Morgan fingerprint density at radius 2 is 1.93 bits per heavy atom. The first-order valence-electron chi connectivity index (χ1n) is 8.85. The van der Waals surface area contributed by atoms with Gasteiger partial charge in [-0.25, -0.2) is 4.39 Å². The van der Waals surface area contributed by atoms with Crippen LogP contribution >= 0.6 is 0 Å². The van der Waals surface area contributed by atoms with Crippen LogP contribution in [0.4, 0.5) is 17.6 Å². The molecule has 1 aromatic carbocycles. The zero-order chi connectivity index (χ0) is 19.4. The Morgan fingerprint density at radius 1 is 1.22 bits per heavy atom. The lowest BCUT2D eigenvalue weighted by atomic mass is 10.2. The minimum Gasteiger partial charge on any atom is -0.372 e. The molecule has 5 nitrogen and oxygen atoms in total. The summed E-state index contributed by atoms with van der Waals surface area (Å²) in [6.07, 6.45) is -3.74. The number of rotatable bonds is 7. The fourth-order valence-corrected chi connectivity index (χ4v) is 3.22. The minimum atomic E-state index is -4.60. The largest absolute Gasteiger partial charge is 0.435 e. The van der Waals surface area contributed by atoms with Gasteiger partial charge in [-0.2, -0.15) is 18.3 Å². The molecule has 1 saturated heterocycles. The Balaban J connectivity index is 1.76. The van der Waals surface area contributed by atoms with Gasteiger partial charge in [-0.15, -0.1) is 0 Å². The van der Waals surface area contributed by atoms with Gasteiger partial charge < -0.3 is 10.0 Å². The lowest BCUT2D eigenvalue weighted by Gasteiger charge is -2.29. The van der Waals surface area contributed by atoms with Crippen molar-refractivity contribution in [2.45, 2.75) is 31.8 Å². The van der Waals surface area contributed by atoms with E-state index in [1.54, 1.807) is 23.1 Å². The molecule has 0 radical (unpaired) electrons. The SMILES string of the molecule is OC(c1cc(C(F)(F)F)n[nH]1)N(CCN1CCCC1)Cc1ccccc1F. The van der Waals surface area contributed by atoms with Crippen LogP contribution in [0.25, 0.3) is 0 Å². The fraction of sp³-hybridized carbons (Fsp3) is 0.500. The molecule has 27 heavy (non-hydrogen) atoms. The molecule has 1 aliphatic rings. The number of hydrogen-bond acceptors (Lipinski definition) is 4. The number of nitrogens with zero attached hydrogens (tertiary/aromatic N) is 3. The van der Waals surface area contributed by atoms with Gasteiger partial charge in [0, 0.05) is 25.2 Å². The van der Waals surface area contributed by atoms with E-state index in [1.807, 2.05) is 0 Å². The molecular weight excluding hydrogens is 364 g/mol. The first kappa shape index (κ1) is 19.8. The van der Waals surface area contributed by atoms with Gasteiger partial charge >= 0.3 is 6.18 Å². The number of aromatic nitrogens is 2. The molecule has 9 heteroatoms. The monoisotopic (exact) mass is 386 g/mol. The second-order valence-corrected chi connectivity index (χ2v) is 6.69. The third kappa shape index (κ3) is 5.06. The number of aromatic amines is 1. The first-order chi connectivity index (χ1) is 12.8. The number of H-pyrrole nitrogens is 1. The van der Waals surface area contributed by atoms with Gasteiger partial charge in [0.1, 0.15) is 12.0 Å². The molecule has 1 unspecified atom stereocenters. The van der Waals surface area contributed by atoms with Crippen LogP contribution in [-0.2, 0) is 12.7 Å². The molecule has 1 atom stereocenters.